The smallest absolute Gasteiger partial charge is 0.0535 e. The van der Waals surface area contributed by atoms with E-state index in [1.807, 2.05) is 54.9 Å². The molecule has 1 aromatic heterocycles. The standard InChI is InChI=1S/C18H17N3/c19-17-8-4-7-15(9-17)16-10-18(13-20-12-16)21-11-14-5-2-1-3-6-14/h1-10,12-13,21H,11,19H2. The SMILES string of the molecule is Nc1cccc(-c2cncc(NCc3ccccc3)c2)c1. The molecular weight excluding hydrogens is 258 g/mol. The van der Waals surface area contributed by atoms with Crippen LogP contribution in [0.3, 0.4) is 0 Å². The van der Waals surface area contributed by atoms with Gasteiger partial charge >= 0.3 is 0 Å². The summed E-state index contributed by atoms with van der Waals surface area (Å²) in [4.78, 5) is 4.30. The zero-order valence-electron chi connectivity index (χ0n) is 11.7. The predicted molar refractivity (Wildman–Crippen MR) is 87.9 cm³/mol. The summed E-state index contributed by atoms with van der Waals surface area (Å²) in [6.45, 7) is 0.781. The Morgan fingerprint density at radius 2 is 1.71 bits per heavy atom. The number of nitrogens with zero attached hydrogens (tertiary/aromatic N) is 1. The first kappa shape index (κ1) is 13.2. The predicted octanol–water partition coefficient (Wildman–Crippen LogP) is 3.94. The average Bonchev–Trinajstić information content (AvgIpc) is 2.54. The molecule has 0 aliphatic heterocycles. The van der Waals surface area contributed by atoms with Gasteiger partial charge in [-0.2, -0.15) is 0 Å². The van der Waals surface area contributed by atoms with Crippen molar-refractivity contribution in [1.29, 1.82) is 0 Å². The molecule has 21 heavy (non-hydrogen) atoms. The van der Waals surface area contributed by atoms with Gasteiger partial charge in [0.05, 0.1) is 5.69 Å². The second-order valence-electron chi connectivity index (χ2n) is 4.93. The molecule has 2 aromatic carbocycles. The van der Waals surface area contributed by atoms with E-state index in [-0.39, 0.29) is 0 Å². The van der Waals surface area contributed by atoms with E-state index in [1.54, 1.807) is 0 Å². The van der Waals surface area contributed by atoms with Gasteiger partial charge < -0.3 is 11.1 Å². The summed E-state index contributed by atoms with van der Waals surface area (Å²) in [5.41, 5.74) is 11.0. The molecule has 0 saturated carbocycles. The highest BCUT2D eigenvalue weighted by atomic mass is 14.9. The topological polar surface area (TPSA) is 50.9 Å². The molecule has 0 saturated heterocycles. The molecule has 0 bridgehead atoms. The van der Waals surface area contributed by atoms with E-state index in [0.29, 0.717) is 0 Å². The van der Waals surface area contributed by atoms with Gasteiger partial charge in [-0.25, -0.2) is 0 Å². The third-order valence-corrected chi connectivity index (χ3v) is 3.30. The maximum atomic E-state index is 5.83. The third kappa shape index (κ3) is 3.39. The van der Waals surface area contributed by atoms with E-state index in [2.05, 4.69) is 28.5 Å². The number of hydrogen-bond donors (Lipinski definition) is 2. The summed E-state index contributed by atoms with van der Waals surface area (Å²) < 4.78 is 0. The summed E-state index contributed by atoms with van der Waals surface area (Å²) in [6.07, 6.45) is 3.68. The zero-order chi connectivity index (χ0) is 14.5. The Morgan fingerprint density at radius 1 is 0.857 bits per heavy atom. The lowest BCUT2D eigenvalue weighted by Gasteiger charge is -2.08. The van der Waals surface area contributed by atoms with E-state index >= 15 is 0 Å². The molecule has 0 aliphatic rings. The monoisotopic (exact) mass is 275 g/mol. The number of rotatable bonds is 4. The Balaban J connectivity index is 1.77. The van der Waals surface area contributed by atoms with Crippen LogP contribution in [0.5, 0.6) is 0 Å². The normalized spacial score (nSPS) is 10.3. The Hall–Kier alpha value is -2.81. The molecule has 1 heterocycles. The summed E-state index contributed by atoms with van der Waals surface area (Å²) >= 11 is 0. The molecule has 0 aliphatic carbocycles. The highest BCUT2D eigenvalue weighted by Gasteiger charge is 2.01. The van der Waals surface area contributed by atoms with Crippen LogP contribution < -0.4 is 11.1 Å². The van der Waals surface area contributed by atoms with Crippen molar-refractivity contribution < 1.29 is 0 Å². The van der Waals surface area contributed by atoms with Gasteiger partial charge in [-0.15, -0.1) is 0 Å². The summed E-state index contributed by atoms with van der Waals surface area (Å²) in [5.74, 6) is 0. The van der Waals surface area contributed by atoms with Gasteiger partial charge in [0.25, 0.3) is 0 Å². The van der Waals surface area contributed by atoms with Gasteiger partial charge in [-0.1, -0.05) is 42.5 Å². The lowest BCUT2D eigenvalue weighted by molar-refractivity contribution is 1.14. The fourth-order valence-corrected chi connectivity index (χ4v) is 2.21. The van der Waals surface area contributed by atoms with Gasteiger partial charge in [-0.05, 0) is 29.3 Å². The second-order valence-corrected chi connectivity index (χ2v) is 4.93. The molecular formula is C18H17N3. The Kier molecular flexibility index (Phi) is 3.83. The number of pyridine rings is 1. The highest BCUT2D eigenvalue weighted by Crippen LogP contribution is 2.23. The number of anilines is 2. The van der Waals surface area contributed by atoms with E-state index in [1.165, 1.54) is 5.56 Å². The minimum atomic E-state index is 0.759. The van der Waals surface area contributed by atoms with E-state index in [0.717, 1.165) is 29.0 Å². The van der Waals surface area contributed by atoms with Crippen molar-refractivity contribution in [1.82, 2.24) is 4.98 Å². The maximum absolute atomic E-state index is 5.83. The lowest BCUT2D eigenvalue weighted by Crippen LogP contribution is -1.99. The largest absolute Gasteiger partial charge is 0.399 e. The number of nitrogen functional groups attached to an aromatic ring is 1. The van der Waals surface area contributed by atoms with Gasteiger partial charge in [-0.3, -0.25) is 4.98 Å². The van der Waals surface area contributed by atoms with Crippen LogP contribution in [0.1, 0.15) is 5.56 Å². The highest BCUT2D eigenvalue weighted by molar-refractivity contribution is 5.69. The van der Waals surface area contributed by atoms with Crippen molar-refractivity contribution in [2.24, 2.45) is 0 Å². The second kappa shape index (κ2) is 6.09. The first-order valence-corrected chi connectivity index (χ1v) is 6.90. The quantitative estimate of drug-likeness (QED) is 0.709. The Bertz CT molecular complexity index is 723. The van der Waals surface area contributed by atoms with Crippen LogP contribution in [0.15, 0.2) is 73.1 Å². The minimum absolute atomic E-state index is 0.759. The number of nitrogens with two attached hydrogens (primary N) is 1. The molecule has 0 fully saturated rings. The zero-order valence-corrected chi connectivity index (χ0v) is 11.7. The van der Waals surface area contributed by atoms with Gasteiger partial charge in [0.1, 0.15) is 0 Å². The molecule has 0 unspecified atom stereocenters. The molecule has 3 heteroatoms. The maximum Gasteiger partial charge on any atom is 0.0535 e. The van der Waals surface area contributed by atoms with E-state index < -0.39 is 0 Å². The first-order valence-electron chi connectivity index (χ1n) is 6.90. The molecule has 0 atom stereocenters. The van der Waals surface area contributed by atoms with Crippen LogP contribution in [0.25, 0.3) is 11.1 Å². The Morgan fingerprint density at radius 3 is 2.52 bits per heavy atom. The molecule has 3 aromatic rings. The van der Waals surface area contributed by atoms with Crippen molar-refractivity contribution in [3.63, 3.8) is 0 Å². The fraction of sp³-hybridized carbons (Fsp3) is 0.0556. The number of nitrogens with one attached hydrogen (secondary N) is 1. The van der Waals surface area contributed by atoms with Crippen molar-refractivity contribution in [2.45, 2.75) is 6.54 Å². The molecule has 0 radical (unpaired) electrons. The lowest BCUT2D eigenvalue weighted by atomic mass is 10.1. The first-order chi connectivity index (χ1) is 10.3. The van der Waals surface area contributed by atoms with Crippen LogP contribution in [0.2, 0.25) is 0 Å². The van der Waals surface area contributed by atoms with Crippen molar-refractivity contribution in [3.05, 3.63) is 78.6 Å². The summed E-state index contributed by atoms with van der Waals surface area (Å²) in [5, 5.41) is 3.39. The number of aromatic nitrogens is 1. The van der Waals surface area contributed by atoms with Crippen molar-refractivity contribution in [2.75, 3.05) is 11.1 Å². The molecule has 104 valence electrons. The Labute approximate surface area is 124 Å². The summed E-state index contributed by atoms with van der Waals surface area (Å²) in [7, 11) is 0. The van der Waals surface area contributed by atoms with Crippen LogP contribution in [-0.4, -0.2) is 4.98 Å². The van der Waals surface area contributed by atoms with Crippen LogP contribution in [-0.2, 0) is 6.54 Å². The summed E-state index contributed by atoms with van der Waals surface area (Å²) in [6, 6.07) is 20.2. The van der Waals surface area contributed by atoms with Gasteiger partial charge in [0.15, 0.2) is 0 Å². The van der Waals surface area contributed by atoms with Gasteiger partial charge in [0.2, 0.25) is 0 Å². The van der Waals surface area contributed by atoms with E-state index in [9.17, 15) is 0 Å². The minimum Gasteiger partial charge on any atom is -0.399 e. The van der Waals surface area contributed by atoms with Crippen LogP contribution >= 0.6 is 0 Å². The van der Waals surface area contributed by atoms with Crippen LogP contribution in [0.4, 0.5) is 11.4 Å². The van der Waals surface area contributed by atoms with Gasteiger partial charge in [0, 0.05) is 30.2 Å². The number of hydrogen-bond acceptors (Lipinski definition) is 3. The number of benzene rings is 2. The van der Waals surface area contributed by atoms with Crippen molar-refractivity contribution in [3.8, 4) is 11.1 Å². The van der Waals surface area contributed by atoms with Crippen LogP contribution in [0, 0.1) is 0 Å². The average molecular weight is 275 g/mol. The molecule has 0 amide bonds. The van der Waals surface area contributed by atoms with Crippen molar-refractivity contribution >= 4 is 11.4 Å². The third-order valence-electron chi connectivity index (χ3n) is 3.30. The molecule has 3 N–H and O–H groups in total. The van der Waals surface area contributed by atoms with E-state index in [4.69, 9.17) is 5.73 Å². The fourth-order valence-electron chi connectivity index (χ4n) is 2.21. The molecule has 3 rings (SSSR count). The molecule has 3 nitrogen and oxygen atoms in total. The molecule has 0 spiro atoms.